The molecule has 3 saturated carbocycles. The van der Waals surface area contributed by atoms with E-state index in [2.05, 4.69) is 57.2 Å². The molecule has 0 amide bonds. The Kier molecular flexibility index (Phi) is 5.55. The Bertz CT molecular complexity index is 887. The van der Waals surface area contributed by atoms with Gasteiger partial charge in [-0.25, -0.2) is 0 Å². The van der Waals surface area contributed by atoms with Crippen LogP contribution < -0.4 is 0 Å². The molecule has 1 aromatic carbocycles. The first-order valence-electron chi connectivity index (χ1n) is 13.6. The molecule has 3 nitrogen and oxygen atoms in total. The summed E-state index contributed by atoms with van der Waals surface area (Å²) in [6, 6.07) is 10.6. The summed E-state index contributed by atoms with van der Waals surface area (Å²) in [7, 11) is 0. The Morgan fingerprint density at radius 1 is 0.909 bits per heavy atom. The van der Waals surface area contributed by atoms with E-state index >= 15 is 0 Å². The number of hydrogen-bond donors (Lipinski definition) is 0. The molecule has 4 fully saturated rings. The molecule has 1 saturated heterocycles. The van der Waals surface area contributed by atoms with Crippen molar-refractivity contribution in [2.45, 2.75) is 90.6 Å². The lowest BCUT2D eigenvalue weighted by Gasteiger charge is -2.59. The number of rotatable bonds is 4. The molecule has 0 aromatic heterocycles. The Morgan fingerprint density at radius 3 is 2.48 bits per heavy atom. The fourth-order valence-corrected chi connectivity index (χ4v) is 9.15. The molecular formula is C30H42O3. The molecule has 1 heterocycles. The van der Waals surface area contributed by atoms with Gasteiger partial charge in [0, 0.05) is 5.92 Å². The highest BCUT2D eigenvalue weighted by molar-refractivity contribution is 5.26. The second-order valence-corrected chi connectivity index (χ2v) is 12.3. The third-order valence-electron chi connectivity index (χ3n) is 10.9. The molecule has 4 aliphatic carbocycles. The highest BCUT2D eigenvalue weighted by atomic mass is 16.7. The van der Waals surface area contributed by atoms with Crippen molar-refractivity contribution in [1.82, 2.24) is 0 Å². The van der Waals surface area contributed by atoms with Crippen LogP contribution in [0.15, 0.2) is 42.0 Å². The molecule has 0 bridgehead atoms. The predicted octanol–water partition coefficient (Wildman–Crippen LogP) is 6.91. The van der Waals surface area contributed by atoms with E-state index < -0.39 is 0 Å². The van der Waals surface area contributed by atoms with E-state index in [-0.39, 0.29) is 5.79 Å². The first kappa shape index (κ1) is 22.3. The van der Waals surface area contributed by atoms with Crippen LogP contribution in [0.5, 0.6) is 0 Å². The van der Waals surface area contributed by atoms with Crippen LogP contribution in [-0.2, 0) is 20.8 Å². The SMILES string of the molecule is CC1([C@H]2CCC3C4CC=C5C[C@@H](OCc6ccccc6)CC[C@]5(C)C4CC[C@@]32C)OCCO1. The van der Waals surface area contributed by atoms with Crippen molar-refractivity contribution in [1.29, 1.82) is 0 Å². The van der Waals surface area contributed by atoms with Gasteiger partial charge in [-0.2, -0.15) is 0 Å². The average Bonchev–Trinajstić information content (AvgIpc) is 3.42. The highest BCUT2D eigenvalue weighted by Crippen LogP contribution is 2.68. The van der Waals surface area contributed by atoms with E-state index in [0.717, 1.165) is 44.0 Å². The van der Waals surface area contributed by atoms with Crippen LogP contribution in [0.4, 0.5) is 0 Å². The first-order chi connectivity index (χ1) is 15.9. The van der Waals surface area contributed by atoms with E-state index in [1.165, 1.54) is 50.5 Å². The largest absolute Gasteiger partial charge is 0.373 e. The van der Waals surface area contributed by atoms with E-state index in [4.69, 9.17) is 14.2 Å². The maximum Gasteiger partial charge on any atom is 0.169 e. The van der Waals surface area contributed by atoms with Crippen LogP contribution in [0.25, 0.3) is 0 Å². The second kappa shape index (κ2) is 8.21. The number of benzene rings is 1. The summed E-state index contributed by atoms with van der Waals surface area (Å²) in [4.78, 5) is 0. The molecule has 1 aromatic rings. The summed E-state index contributed by atoms with van der Waals surface area (Å²) >= 11 is 0. The minimum absolute atomic E-state index is 0.357. The summed E-state index contributed by atoms with van der Waals surface area (Å²) in [6.07, 6.45) is 13.3. The average molecular weight is 451 g/mol. The van der Waals surface area contributed by atoms with E-state index in [0.29, 0.717) is 22.9 Å². The zero-order valence-electron chi connectivity index (χ0n) is 20.9. The summed E-state index contributed by atoms with van der Waals surface area (Å²) in [5, 5.41) is 0. The van der Waals surface area contributed by atoms with Crippen molar-refractivity contribution in [3.8, 4) is 0 Å². The third kappa shape index (κ3) is 3.56. The number of ether oxygens (including phenoxy) is 3. The van der Waals surface area contributed by atoms with Gasteiger partial charge in [-0.15, -0.1) is 0 Å². The molecule has 7 atom stereocenters. The number of hydrogen-bond acceptors (Lipinski definition) is 3. The normalized spacial score (nSPS) is 44.0. The summed E-state index contributed by atoms with van der Waals surface area (Å²) in [5.74, 6) is 2.66. The highest BCUT2D eigenvalue weighted by Gasteiger charge is 2.62. The van der Waals surface area contributed by atoms with Crippen molar-refractivity contribution in [2.75, 3.05) is 13.2 Å². The van der Waals surface area contributed by atoms with Crippen molar-refractivity contribution in [3.05, 3.63) is 47.5 Å². The third-order valence-corrected chi connectivity index (χ3v) is 10.9. The monoisotopic (exact) mass is 450 g/mol. The van der Waals surface area contributed by atoms with Crippen molar-refractivity contribution >= 4 is 0 Å². The lowest BCUT2D eigenvalue weighted by atomic mass is 9.47. The minimum Gasteiger partial charge on any atom is -0.373 e. The smallest absolute Gasteiger partial charge is 0.169 e. The van der Waals surface area contributed by atoms with Crippen molar-refractivity contribution in [3.63, 3.8) is 0 Å². The van der Waals surface area contributed by atoms with Gasteiger partial charge in [0.1, 0.15) is 0 Å². The fourth-order valence-electron chi connectivity index (χ4n) is 9.15. The summed E-state index contributed by atoms with van der Waals surface area (Å²) in [6.45, 7) is 9.67. The Balaban J connectivity index is 1.17. The Morgan fingerprint density at radius 2 is 1.70 bits per heavy atom. The fraction of sp³-hybridized carbons (Fsp3) is 0.733. The molecule has 6 rings (SSSR count). The molecule has 0 spiro atoms. The van der Waals surface area contributed by atoms with Gasteiger partial charge >= 0.3 is 0 Å². The van der Waals surface area contributed by atoms with Gasteiger partial charge in [0.25, 0.3) is 0 Å². The van der Waals surface area contributed by atoms with Crippen LogP contribution in [0, 0.1) is 34.5 Å². The molecule has 0 N–H and O–H groups in total. The molecular weight excluding hydrogens is 408 g/mol. The molecule has 1 aliphatic heterocycles. The van der Waals surface area contributed by atoms with Crippen molar-refractivity contribution in [2.24, 2.45) is 34.5 Å². The number of fused-ring (bicyclic) bond motifs is 5. The van der Waals surface area contributed by atoms with Crippen LogP contribution in [0.2, 0.25) is 0 Å². The van der Waals surface area contributed by atoms with Crippen LogP contribution in [0.1, 0.15) is 77.7 Å². The zero-order valence-corrected chi connectivity index (χ0v) is 20.9. The molecule has 180 valence electrons. The van der Waals surface area contributed by atoms with Crippen LogP contribution >= 0.6 is 0 Å². The Hall–Kier alpha value is -1.16. The van der Waals surface area contributed by atoms with Crippen LogP contribution in [-0.4, -0.2) is 25.1 Å². The topological polar surface area (TPSA) is 27.7 Å². The number of allylic oxidation sites excluding steroid dienone is 1. The van der Waals surface area contributed by atoms with E-state index in [1.54, 1.807) is 5.57 Å². The molecule has 33 heavy (non-hydrogen) atoms. The maximum absolute atomic E-state index is 6.40. The minimum atomic E-state index is -0.357. The van der Waals surface area contributed by atoms with E-state index in [9.17, 15) is 0 Å². The van der Waals surface area contributed by atoms with Crippen molar-refractivity contribution < 1.29 is 14.2 Å². The molecule has 3 heteroatoms. The molecule has 0 radical (unpaired) electrons. The lowest BCUT2D eigenvalue weighted by Crippen LogP contribution is -2.53. The van der Waals surface area contributed by atoms with Gasteiger partial charge in [0.05, 0.1) is 25.9 Å². The van der Waals surface area contributed by atoms with Gasteiger partial charge in [-0.05, 0) is 92.4 Å². The lowest BCUT2D eigenvalue weighted by molar-refractivity contribution is -0.214. The molecule has 5 aliphatic rings. The van der Waals surface area contributed by atoms with Gasteiger partial charge < -0.3 is 14.2 Å². The zero-order chi connectivity index (χ0) is 22.7. The Labute approximate surface area is 200 Å². The first-order valence-corrected chi connectivity index (χ1v) is 13.6. The summed E-state index contributed by atoms with van der Waals surface area (Å²) in [5.41, 5.74) is 3.73. The van der Waals surface area contributed by atoms with Gasteiger partial charge in [0.2, 0.25) is 0 Å². The maximum atomic E-state index is 6.40. The van der Waals surface area contributed by atoms with Crippen LogP contribution in [0.3, 0.4) is 0 Å². The molecule has 3 unspecified atom stereocenters. The van der Waals surface area contributed by atoms with Gasteiger partial charge in [-0.1, -0.05) is 55.8 Å². The van der Waals surface area contributed by atoms with Gasteiger partial charge in [-0.3, -0.25) is 0 Å². The van der Waals surface area contributed by atoms with E-state index in [1.807, 2.05) is 0 Å². The predicted molar refractivity (Wildman–Crippen MR) is 131 cm³/mol. The quantitative estimate of drug-likeness (QED) is 0.466. The summed E-state index contributed by atoms with van der Waals surface area (Å²) < 4.78 is 18.8. The second-order valence-electron chi connectivity index (χ2n) is 12.3. The van der Waals surface area contributed by atoms with Gasteiger partial charge in [0.15, 0.2) is 5.79 Å². The standard InChI is InChI=1S/C30H42O3/c1-28-15-13-23(31-20-21-7-5-4-6-8-21)19-22(28)9-10-24-25-11-12-27(30(3)32-17-18-33-30)29(25,2)16-14-26(24)28/h4-9,23-27H,10-20H2,1-3H3/t23-,24?,25?,26?,27-,28-,29-/m0/s1.